The molecule has 0 atom stereocenters. The summed E-state index contributed by atoms with van der Waals surface area (Å²) in [6, 6.07) is 3.85. The molecule has 5 heteroatoms. The number of hydrogen-bond acceptors (Lipinski definition) is 4. The molecule has 0 bridgehead atoms. The van der Waals surface area contributed by atoms with Crippen LogP contribution in [0.4, 0.5) is 0 Å². The first kappa shape index (κ1) is 13.6. The van der Waals surface area contributed by atoms with Crippen molar-refractivity contribution in [2.24, 2.45) is 5.90 Å². The SMILES string of the molecule is COc1c(Br)cc(CON)cc1OC1CCCC1. The number of methoxy groups -OCH3 is 1. The Morgan fingerprint density at radius 2 is 2.06 bits per heavy atom. The lowest BCUT2D eigenvalue weighted by Crippen LogP contribution is -2.12. The monoisotopic (exact) mass is 315 g/mol. The van der Waals surface area contributed by atoms with Crippen molar-refractivity contribution in [3.05, 3.63) is 22.2 Å². The molecular formula is C13H18BrNO3. The summed E-state index contributed by atoms with van der Waals surface area (Å²) in [7, 11) is 1.64. The van der Waals surface area contributed by atoms with E-state index in [0.29, 0.717) is 12.7 Å². The Kier molecular flexibility index (Phi) is 4.86. The van der Waals surface area contributed by atoms with E-state index in [-0.39, 0.29) is 0 Å². The molecule has 0 amide bonds. The molecule has 0 radical (unpaired) electrons. The van der Waals surface area contributed by atoms with Crippen molar-refractivity contribution in [3.63, 3.8) is 0 Å². The van der Waals surface area contributed by atoms with Gasteiger partial charge >= 0.3 is 0 Å². The highest BCUT2D eigenvalue weighted by molar-refractivity contribution is 9.10. The molecule has 1 aliphatic carbocycles. The molecule has 18 heavy (non-hydrogen) atoms. The lowest BCUT2D eigenvalue weighted by molar-refractivity contribution is 0.123. The van der Waals surface area contributed by atoms with Crippen LogP contribution in [0.1, 0.15) is 31.2 Å². The third-order valence-corrected chi connectivity index (χ3v) is 3.71. The minimum Gasteiger partial charge on any atom is -0.492 e. The molecular weight excluding hydrogens is 298 g/mol. The number of ether oxygens (including phenoxy) is 2. The maximum absolute atomic E-state index is 6.01. The van der Waals surface area contributed by atoms with Crippen LogP contribution in [-0.2, 0) is 11.4 Å². The Labute approximate surface area is 115 Å². The summed E-state index contributed by atoms with van der Waals surface area (Å²) in [6.45, 7) is 0.351. The van der Waals surface area contributed by atoms with Gasteiger partial charge in [0.1, 0.15) is 0 Å². The quantitative estimate of drug-likeness (QED) is 0.848. The average molecular weight is 316 g/mol. The highest BCUT2D eigenvalue weighted by Crippen LogP contribution is 2.38. The van der Waals surface area contributed by atoms with Crippen LogP contribution in [-0.4, -0.2) is 13.2 Å². The predicted octanol–water partition coefficient (Wildman–Crippen LogP) is 3.17. The van der Waals surface area contributed by atoms with Crippen LogP contribution in [0, 0.1) is 0 Å². The average Bonchev–Trinajstić information content (AvgIpc) is 2.82. The van der Waals surface area contributed by atoms with Crippen LogP contribution in [0.5, 0.6) is 11.5 Å². The van der Waals surface area contributed by atoms with E-state index in [1.807, 2.05) is 12.1 Å². The van der Waals surface area contributed by atoms with Crippen LogP contribution in [0.3, 0.4) is 0 Å². The first-order valence-electron chi connectivity index (χ1n) is 6.09. The maximum Gasteiger partial charge on any atom is 0.174 e. The van der Waals surface area contributed by atoms with Crippen molar-refractivity contribution >= 4 is 15.9 Å². The third kappa shape index (κ3) is 3.16. The fourth-order valence-electron chi connectivity index (χ4n) is 2.27. The molecule has 2 N–H and O–H groups in total. The minimum atomic E-state index is 0.292. The first-order valence-corrected chi connectivity index (χ1v) is 6.88. The van der Waals surface area contributed by atoms with Gasteiger partial charge in [-0.25, -0.2) is 5.90 Å². The Morgan fingerprint density at radius 3 is 2.67 bits per heavy atom. The van der Waals surface area contributed by atoms with Crippen molar-refractivity contribution in [3.8, 4) is 11.5 Å². The van der Waals surface area contributed by atoms with E-state index in [2.05, 4.69) is 20.8 Å². The first-order chi connectivity index (χ1) is 8.74. The lowest BCUT2D eigenvalue weighted by Gasteiger charge is -2.18. The molecule has 1 saturated carbocycles. The summed E-state index contributed by atoms with van der Waals surface area (Å²) < 4.78 is 12.2. The lowest BCUT2D eigenvalue weighted by atomic mass is 10.2. The Balaban J connectivity index is 2.23. The number of nitrogens with two attached hydrogens (primary N) is 1. The van der Waals surface area contributed by atoms with E-state index >= 15 is 0 Å². The number of benzene rings is 1. The molecule has 4 nitrogen and oxygen atoms in total. The molecule has 100 valence electrons. The summed E-state index contributed by atoms with van der Waals surface area (Å²) in [6.07, 6.45) is 4.98. The van der Waals surface area contributed by atoms with Crippen molar-refractivity contribution in [2.75, 3.05) is 7.11 Å². The van der Waals surface area contributed by atoms with Crippen LogP contribution in [0.25, 0.3) is 0 Å². The van der Waals surface area contributed by atoms with Gasteiger partial charge in [0.05, 0.1) is 24.3 Å². The molecule has 1 aliphatic rings. The van der Waals surface area contributed by atoms with Crippen molar-refractivity contribution in [2.45, 2.75) is 38.4 Å². The van der Waals surface area contributed by atoms with Gasteiger partial charge in [0.2, 0.25) is 0 Å². The molecule has 0 aliphatic heterocycles. The molecule has 0 saturated heterocycles. The van der Waals surface area contributed by atoms with Gasteiger partial charge in [-0.3, -0.25) is 4.84 Å². The summed E-state index contributed by atoms with van der Waals surface area (Å²) in [5.74, 6) is 6.59. The summed E-state index contributed by atoms with van der Waals surface area (Å²) in [5.41, 5.74) is 0.957. The normalized spacial score (nSPS) is 15.9. The molecule has 0 heterocycles. The van der Waals surface area contributed by atoms with Crippen LogP contribution in [0.15, 0.2) is 16.6 Å². The van der Waals surface area contributed by atoms with Gasteiger partial charge in [-0.15, -0.1) is 0 Å². The zero-order valence-electron chi connectivity index (χ0n) is 10.4. The summed E-state index contributed by atoms with van der Waals surface area (Å²) in [5, 5.41) is 0. The van der Waals surface area contributed by atoms with Gasteiger partial charge in [0.25, 0.3) is 0 Å². The standard InChI is InChI=1S/C13H18BrNO3/c1-16-13-11(14)6-9(8-17-15)7-12(13)18-10-4-2-3-5-10/h6-7,10H,2-5,8,15H2,1H3. The van der Waals surface area contributed by atoms with Crippen molar-refractivity contribution in [1.82, 2.24) is 0 Å². The van der Waals surface area contributed by atoms with Gasteiger partial charge in [0, 0.05) is 0 Å². The fraction of sp³-hybridized carbons (Fsp3) is 0.538. The number of hydrogen-bond donors (Lipinski definition) is 1. The van der Waals surface area contributed by atoms with Crippen molar-refractivity contribution < 1.29 is 14.3 Å². The highest BCUT2D eigenvalue weighted by Gasteiger charge is 2.20. The smallest absolute Gasteiger partial charge is 0.174 e. The fourth-order valence-corrected chi connectivity index (χ4v) is 2.92. The highest BCUT2D eigenvalue weighted by atomic mass is 79.9. The largest absolute Gasteiger partial charge is 0.492 e. The molecule has 0 spiro atoms. The number of halogens is 1. The molecule has 1 aromatic rings. The Bertz CT molecular complexity index is 405. The number of rotatable bonds is 5. The van der Waals surface area contributed by atoms with Crippen LogP contribution < -0.4 is 15.4 Å². The molecule has 1 fully saturated rings. The van der Waals surface area contributed by atoms with E-state index in [9.17, 15) is 0 Å². The predicted molar refractivity (Wildman–Crippen MR) is 72.6 cm³/mol. The third-order valence-electron chi connectivity index (χ3n) is 3.12. The zero-order chi connectivity index (χ0) is 13.0. The Hall–Kier alpha value is -0.780. The van der Waals surface area contributed by atoms with Gasteiger partial charge < -0.3 is 9.47 Å². The van der Waals surface area contributed by atoms with E-state index in [1.165, 1.54) is 12.8 Å². The second-order valence-electron chi connectivity index (χ2n) is 4.44. The van der Waals surface area contributed by atoms with Crippen molar-refractivity contribution in [1.29, 1.82) is 0 Å². The van der Waals surface area contributed by atoms with Gasteiger partial charge in [0.15, 0.2) is 11.5 Å². The van der Waals surface area contributed by atoms with E-state index < -0.39 is 0 Å². The summed E-state index contributed by atoms with van der Waals surface area (Å²) in [4.78, 5) is 4.66. The molecule has 1 aromatic carbocycles. The summed E-state index contributed by atoms with van der Waals surface area (Å²) >= 11 is 3.48. The maximum atomic E-state index is 6.01. The molecule has 0 aromatic heterocycles. The second kappa shape index (κ2) is 6.41. The van der Waals surface area contributed by atoms with Gasteiger partial charge in [-0.1, -0.05) is 0 Å². The van der Waals surface area contributed by atoms with E-state index in [4.69, 9.17) is 15.4 Å². The Morgan fingerprint density at radius 1 is 1.33 bits per heavy atom. The van der Waals surface area contributed by atoms with E-state index in [0.717, 1.165) is 34.4 Å². The molecule has 0 unspecified atom stereocenters. The van der Waals surface area contributed by atoms with Crippen LogP contribution >= 0.6 is 15.9 Å². The second-order valence-corrected chi connectivity index (χ2v) is 5.30. The van der Waals surface area contributed by atoms with E-state index in [1.54, 1.807) is 7.11 Å². The molecule has 2 rings (SSSR count). The van der Waals surface area contributed by atoms with Gasteiger partial charge in [-0.2, -0.15) is 0 Å². The minimum absolute atomic E-state index is 0.292. The zero-order valence-corrected chi connectivity index (χ0v) is 12.0. The van der Waals surface area contributed by atoms with Gasteiger partial charge in [-0.05, 0) is 59.3 Å². The topological polar surface area (TPSA) is 53.7 Å². The van der Waals surface area contributed by atoms with Crippen LogP contribution in [0.2, 0.25) is 0 Å².